The number of nitrogens with zero attached hydrogens (tertiary/aromatic N) is 4. The molecule has 0 aromatic carbocycles. The lowest BCUT2D eigenvalue weighted by atomic mass is 10.1. The van der Waals surface area contributed by atoms with Crippen molar-refractivity contribution < 1.29 is 14.2 Å². The van der Waals surface area contributed by atoms with Crippen LogP contribution in [-0.4, -0.2) is 53.5 Å². The van der Waals surface area contributed by atoms with Crippen molar-refractivity contribution in [2.75, 3.05) is 25.2 Å². The largest absolute Gasteiger partial charge is 0.481 e. The lowest BCUT2D eigenvalue weighted by Crippen LogP contribution is -2.43. The molecule has 3 atom stereocenters. The van der Waals surface area contributed by atoms with E-state index in [4.69, 9.17) is 14.2 Å². The summed E-state index contributed by atoms with van der Waals surface area (Å²) in [7, 11) is 1.61. The summed E-state index contributed by atoms with van der Waals surface area (Å²) < 4.78 is 17.6. The van der Waals surface area contributed by atoms with Crippen molar-refractivity contribution in [1.82, 2.24) is 15.0 Å². The van der Waals surface area contributed by atoms with Gasteiger partial charge in [-0.1, -0.05) is 6.07 Å². The summed E-state index contributed by atoms with van der Waals surface area (Å²) in [5.74, 6) is 1.43. The smallest absolute Gasteiger partial charge is 0.218 e. The van der Waals surface area contributed by atoms with E-state index in [9.17, 15) is 0 Å². The molecule has 0 N–H and O–H groups in total. The second-order valence-corrected chi connectivity index (χ2v) is 6.30. The SMILES string of the molecule is COc1cc(N2CCO[C@H]3CC[C@H]2[C@H]3OCc2cccnc2)ncn1. The molecule has 1 saturated carbocycles. The van der Waals surface area contributed by atoms with Crippen LogP contribution in [0, 0.1) is 0 Å². The van der Waals surface area contributed by atoms with Gasteiger partial charge in [-0.3, -0.25) is 4.98 Å². The summed E-state index contributed by atoms with van der Waals surface area (Å²) in [5, 5.41) is 0. The Morgan fingerprint density at radius 2 is 2.28 bits per heavy atom. The fourth-order valence-electron chi connectivity index (χ4n) is 3.67. The molecule has 25 heavy (non-hydrogen) atoms. The van der Waals surface area contributed by atoms with Gasteiger partial charge in [0.1, 0.15) is 18.2 Å². The molecule has 7 heteroatoms. The summed E-state index contributed by atoms with van der Waals surface area (Å²) in [6.45, 7) is 1.99. The predicted molar refractivity (Wildman–Crippen MR) is 91.5 cm³/mol. The zero-order chi connectivity index (χ0) is 17.1. The van der Waals surface area contributed by atoms with Crippen molar-refractivity contribution in [2.24, 2.45) is 0 Å². The number of rotatable bonds is 5. The molecular weight excluding hydrogens is 320 g/mol. The van der Waals surface area contributed by atoms with Crippen LogP contribution in [0.1, 0.15) is 18.4 Å². The van der Waals surface area contributed by atoms with Gasteiger partial charge in [-0.15, -0.1) is 0 Å². The Morgan fingerprint density at radius 1 is 1.32 bits per heavy atom. The second kappa shape index (κ2) is 7.33. The van der Waals surface area contributed by atoms with Gasteiger partial charge in [-0.25, -0.2) is 9.97 Å². The third kappa shape index (κ3) is 3.43. The number of hydrogen-bond acceptors (Lipinski definition) is 7. The molecule has 0 amide bonds. The zero-order valence-corrected chi connectivity index (χ0v) is 14.2. The van der Waals surface area contributed by atoms with Gasteiger partial charge in [0.05, 0.1) is 32.5 Å². The van der Waals surface area contributed by atoms with Gasteiger partial charge in [0.2, 0.25) is 5.88 Å². The molecule has 4 rings (SSSR count). The standard InChI is InChI=1S/C18H22N4O3/c1-23-17-9-16(20-12-21-17)22-7-8-24-15-5-4-14(22)18(15)25-11-13-3-2-6-19-10-13/h2-3,6,9-10,12,14-15,18H,4-5,7-8,11H2,1H3/t14-,15-,18+/m0/s1. The van der Waals surface area contributed by atoms with Crippen LogP contribution >= 0.6 is 0 Å². The average Bonchev–Trinajstić information content (AvgIpc) is 2.96. The normalized spacial score (nSPS) is 25.6. The third-order valence-corrected chi connectivity index (χ3v) is 4.85. The van der Waals surface area contributed by atoms with Crippen LogP contribution < -0.4 is 9.64 Å². The molecule has 1 aliphatic carbocycles. The summed E-state index contributed by atoms with van der Waals surface area (Å²) in [6, 6.07) is 6.07. The van der Waals surface area contributed by atoms with Crippen molar-refractivity contribution in [2.45, 2.75) is 37.7 Å². The van der Waals surface area contributed by atoms with Gasteiger partial charge in [-0.2, -0.15) is 0 Å². The average molecular weight is 342 g/mol. The van der Waals surface area contributed by atoms with Gasteiger partial charge in [-0.05, 0) is 24.5 Å². The van der Waals surface area contributed by atoms with Gasteiger partial charge < -0.3 is 19.1 Å². The molecule has 3 heterocycles. The topological polar surface area (TPSA) is 69.6 Å². The number of pyridine rings is 1. The minimum Gasteiger partial charge on any atom is -0.481 e. The Bertz CT molecular complexity index is 700. The Balaban J connectivity index is 1.53. The van der Waals surface area contributed by atoms with Crippen LogP contribution in [0.5, 0.6) is 5.88 Å². The highest BCUT2D eigenvalue weighted by Gasteiger charge is 2.43. The first-order valence-electron chi connectivity index (χ1n) is 8.60. The summed E-state index contributed by atoms with van der Waals surface area (Å²) >= 11 is 0. The summed E-state index contributed by atoms with van der Waals surface area (Å²) in [4.78, 5) is 15.0. The van der Waals surface area contributed by atoms with E-state index in [2.05, 4.69) is 19.9 Å². The molecule has 2 aromatic heterocycles. The minimum absolute atomic E-state index is 0.0173. The first-order valence-corrected chi connectivity index (χ1v) is 8.60. The molecule has 0 radical (unpaired) electrons. The van der Waals surface area contributed by atoms with Crippen molar-refractivity contribution in [3.63, 3.8) is 0 Å². The van der Waals surface area contributed by atoms with Gasteiger partial charge in [0, 0.05) is 25.0 Å². The predicted octanol–water partition coefficient (Wildman–Crippen LogP) is 1.83. The maximum absolute atomic E-state index is 6.26. The summed E-state index contributed by atoms with van der Waals surface area (Å²) in [5.41, 5.74) is 1.07. The maximum atomic E-state index is 6.26. The highest BCUT2D eigenvalue weighted by molar-refractivity contribution is 5.43. The van der Waals surface area contributed by atoms with Crippen LogP contribution in [0.15, 0.2) is 36.9 Å². The third-order valence-electron chi connectivity index (χ3n) is 4.85. The molecule has 0 unspecified atom stereocenters. The van der Waals surface area contributed by atoms with E-state index in [-0.39, 0.29) is 18.2 Å². The Hall–Kier alpha value is -2.25. The molecule has 1 aliphatic heterocycles. The molecule has 132 valence electrons. The fourth-order valence-corrected chi connectivity index (χ4v) is 3.67. The van der Waals surface area contributed by atoms with Crippen LogP contribution in [-0.2, 0) is 16.1 Å². The van der Waals surface area contributed by atoms with Crippen LogP contribution in [0.3, 0.4) is 0 Å². The number of fused-ring (bicyclic) bond motifs is 2. The number of ether oxygens (including phenoxy) is 3. The Morgan fingerprint density at radius 3 is 3.12 bits per heavy atom. The molecule has 2 fully saturated rings. The molecule has 2 aromatic rings. The first-order chi connectivity index (χ1) is 12.3. The van der Waals surface area contributed by atoms with Gasteiger partial charge >= 0.3 is 0 Å². The van der Waals surface area contributed by atoms with E-state index < -0.39 is 0 Å². The Labute approximate surface area is 147 Å². The van der Waals surface area contributed by atoms with Crippen molar-refractivity contribution in [1.29, 1.82) is 0 Å². The Kier molecular flexibility index (Phi) is 4.76. The molecule has 1 saturated heterocycles. The number of aromatic nitrogens is 3. The second-order valence-electron chi connectivity index (χ2n) is 6.30. The minimum atomic E-state index is 0.0173. The van der Waals surface area contributed by atoms with Crippen molar-refractivity contribution in [3.05, 3.63) is 42.5 Å². The van der Waals surface area contributed by atoms with E-state index in [0.717, 1.165) is 30.8 Å². The van der Waals surface area contributed by atoms with Crippen molar-refractivity contribution in [3.8, 4) is 5.88 Å². The maximum Gasteiger partial charge on any atom is 0.218 e. The van der Waals surface area contributed by atoms with E-state index in [1.807, 2.05) is 24.4 Å². The highest BCUT2D eigenvalue weighted by atomic mass is 16.5. The summed E-state index contributed by atoms with van der Waals surface area (Å²) in [6.07, 6.45) is 7.32. The molecule has 7 nitrogen and oxygen atoms in total. The van der Waals surface area contributed by atoms with Gasteiger partial charge in [0.15, 0.2) is 0 Å². The van der Waals surface area contributed by atoms with Crippen LogP contribution in [0.25, 0.3) is 0 Å². The number of methoxy groups -OCH3 is 1. The zero-order valence-electron chi connectivity index (χ0n) is 14.2. The lowest BCUT2D eigenvalue weighted by Gasteiger charge is -2.32. The number of anilines is 1. The van der Waals surface area contributed by atoms with Gasteiger partial charge in [0.25, 0.3) is 0 Å². The van der Waals surface area contributed by atoms with E-state index >= 15 is 0 Å². The van der Waals surface area contributed by atoms with Crippen LogP contribution in [0.2, 0.25) is 0 Å². The van der Waals surface area contributed by atoms with E-state index in [1.54, 1.807) is 13.3 Å². The quantitative estimate of drug-likeness (QED) is 0.821. The molecule has 2 bridgehead atoms. The highest BCUT2D eigenvalue weighted by Crippen LogP contribution is 2.35. The first kappa shape index (κ1) is 16.2. The lowest BCUT2D eigenvalue weighted by molar-refractivity contribution is -0.0555. The van der Waals surface area contributed by atoms with E-state index in [1.165, 1.54) is 6.33 Å². The molecule has 2 aliphatic rings. The van der Waals surface area contributed by atoms with Crippen molar-refractivity contribution >= 4 is 5.82 Å². The monoisotopic (exact) mass is 342 g/mol. The fraction of sp³-hybridized carbons (Fsp3) is 0.500. The van der Waals surface area contributed by atoms with Crippen LogP contribution in [0.4, 0.5) is 5.82 Å². The number of hydrogen-bond donors (Lipinski definition) is 0. The molecular formula is C18H22N4O3. The van der Waals surface area contributed by atoms with E-state index in [0.29, 0.717) is 19.1 Å². The molecule has 0 spiro atoms.